The highest BCUT2D eigenvalue weighted by molar-refractivity contribution is 5.93. The molecular weight excluding hydrogens is 470 g/mol. The molecule has 0 aliphatic carbocycles. The molecule has 0 radical (unpaired) electrons. The quantitative estimate of drug-likeness (QED) is 0.225. The van der Waals surface area contributed by atoms with Crippen molar-refractivity contribution in [3.05, 3.63) is 82.9 Å². The van der Waals surface area contributed by atoms with E-state index in [4.69, 9.17) is 20.9 Å². The van der Waals surface area contributed by atoms with Crippen molar-refractivity contribution in [3.8, 4) is 11.5 Å². The maximum absolute atomic E-state index is 13.0. The fraction of sp³-hybridized carbons (Fsp3) is 0.0909. The van der Waals surface area contributed by atoms with E-state index >= 15 is 0 Å². The molecule has 0 unspecified atom stereocenters. The van der Waals surface area contributed by atoms with Gasteiger partial charge in [-0.25, -0.2) is 9.59 Å². The standard InChI is InChI=1S/C22H14F6N2O4/c23-21(24,25)15-8-11(4-6-17(15)29)19(31)33-13-2-1-3-14(10-13)34-20(32)12-5-7-18(30)16(9-12)22(26,27)28/h1-10H,29-30H2. The van der Waals surface area contributed by atoms with Crippen LogP contribution >= 0.6 is 0 Å². The summed E-state index contributed by atoms with van der Waals surface area (Å²) in [7, 11) is 0. The van der Waals surface area contributed by atoms with E-state index in [0.29, 0.717) is 12.1 Å². The normalized spacial score (nSPS) is 11.7. The van der Waals surface area contributed by atoms with Crippen LogP contribution in [-0.4, -0.2) is 11.9 Å². The van der Waals surface area contributed by atoms with Gasteiger partial charge in [-0.1, -0.05) is 6.07 Å². The molecule has 3 aromatic rings. The molecule has 0 saturated carbocycles. The van der Waals surface area contributed by atoms with Gasteiger partial charge in [0.1, 0.15) is 11.5 Å². The van der Waals surface area contributed by atoms with Gasteiger partial charge in [0.25, 0.3) is 0 Å². The Morgan fingerprint density at radius 3 is 1.35 bits per heavy atom. The lowest BCUT2D eigenvalue weighted by Gasteiger charge is -2.12. The van der Waals surface area contributed by atoms with E-state index in [0.717, 1.165) is 30.3 Å². The molecule has 34 heavy (non-hydrogen) atoms. The molecule has 0 spiro atoms. The second-order valence-electron chi connectivity index (χ2n) is 6.85. The molecule has 0 saturated heterocycles. The zero-order chi connectivity index (χ0) is 25.3. The number of hydrogen-bond donors (Lipinski definition) is 2. The minimum absolute atomic E-state index is 0.200. The van der Waals surface area contributed by atoms with Gasteiger partial charge >= 0.3 is 24.3 Å². The number of carbonyl (C=O) groups excluding carboxylic acids is 2. The topological polar surface area (TPSA) is 105 Å². The van der Waals surface area contributed by atoms with Crippen molar-refractivity contribution in [1.82, 2.24) is 0 Å². The number of rotatable bonds is 4. The molecule has 4 N–H and O–H groups in total. The molecule has 0 amide bonds. The Kier molecular flexibility index (Phi) is 6.44. The first-order valence-corrected chi connectivity index (χ1v) is 9.23. The summed E-state index contributed by atoms with van der Waals surface area (Å²) < 4.78 is 88.0. The first-order chi connectivity index (χ1) is 15.8. The van der Waals surface area contributed by atoms with Crippen molar-refractivity contribution in [2.24, 2.45) is 0 Å². The summed E-state index contributed by atoms with van der Waals surface area (Å²) in [6.45, 7) is 0. The highest BCUT2D eigenvalue weighted by Gasteiger charge is 2.34. The van der Waals surface area contributed by atoms with Crippen LogP contribution in [0.1, 0.15) is 31.8 Å². The van der Waals surface area contributed by atoms with Crippen LogP contribution in [0.3, 0.4) is 0 Å². The van der Waals surface area contributed by atoms with Gasteiger partial charge in [0.05, 0.1) is 22.3 Å². The van der Waals surface area contributed by atoms with Crippen LogP contribution in [0.25, 0.3) is 0 Å². The average molecular weight is 484 g/mol. The third-order valence-electron chi connectivity index (χ3n) is 4.42. The van der Waals surface area contributed by atoms with Crippen molar-refractivity contribution in [2.75, 3.05) is 11.5 Å². The highest BCUT2D eigenvalue weighted by Crippen LogP contribution is 2.35. The molecule has 6 nitrogen and oxygen atoms in total. The Balaban J connectivity index is 1.77. The molecule has 0 aliphatic heterocycles. The molecule has 0 atom stereocenters. The number of anilines is 2. The van der Waals surface area contributed by atoms with Gasteiger partial charge in [-0.3, -0.25) is 0 Å². The lowest BCUT2D eigenvalue weighted by molar-refractivity contribution is -0.137. The number of esters is 2. The molecule has 0 heterocycles. The molecule has 0 fully saturated rings. The summed E-state index contributed by atoms with van der Waals surface area (Å²) in [5, 5.41) is 0. The summed E-state index contributed by atoms with van der Waals surface area (Å²) in [5.41, 5.74) is 6.13. The van der Waals surface area contributed by atoms with E-state index in [1.54, 1.807) is 0 Å². The first-order valence-electron chi connectivity index (χ1n) is 9.23. The smallest absolute Gasteiger partial charge is 0.418 e. The van der Waals surface area contributed by atoms with E-state index in [1.165, 1.54) is 18.2 Å². The Bertz CT molecular complexity index is 1160. The summed E-state index contributed by atoms with van der Waals surface area (Å²) in [6.07, 6.45) is -9.58. The monoisotopic (exact) mass is 484 g/mol. The summed E-state index contributed by atoms with van der Waals surface area (Å²) in [5.74, 6) is -2.70. The van der Waals surface area contributed by atoms with E-state index in [-0.39, 0.29) is 11.5 Å². The number of alkyl halides is 6. The second-order valence-corrected chi connectivity index (χ2v) is 6.85. The number of ether oxygens (including phenoxy) is 2. The predicted octanol–water partition coefficient (Wildman–Crippen LogP) is 5.33. The van der Waals surface area contributed by atoms with E-state index in [2.05, 4.69) is 0 Å². The van der Waals surface area contributed by atoms with Crippen LogP contribution in [0.5, 0.6) is 11.5 Å². The average Bonchev–Trinajstić information content (AvgIpc) is 2.72. The lowest BCUT2D eigenvalue weighted by Crippen LogP contribution is -2.14. The van der Waals surface area contributed by atoms with Gasteiger partial charge in [-0.05, 0) is 48.5 Å². The van der Waals surface area contributed by atoms with E-state index in [9.17, 15) is 35.9 Å². The Labute approximate surface area is 187 Å². The van der Waals surface area contributed by atoms with Crippen molar-refractivity contribution in [1.29, 1.82) is 0 Å². The van der Waals surface area contributed by atoms with Crippen LogP contribution < -0.4 is 20.9 Å². The molecule has 12 heteroatoms. The molecule has 3 rings (SSSR count). The fourth-order valence-corrected chi connectivity index (χ4v) is 2.79. The lowest BCUT2D eigenvalue weighted by atomic mass is 10.1. The van der Waals surface area contributed by atoms with Gasteiger partial charge < -0.3 is 20.9 Å². The van der Waals surface area contributed by atoms with Crippen LogP contribution in [0.15, 0.2) is 60.7 Å². The number of hydrogen-bond acceptors (Lipinski definition) is 6. The number of carbonyl (C=O) groups is 2. The van der Waals surface area contributed by atoms with Crippen LogP contribution in [0.4, 0.5) is 37.7 Å². The minimum Gasteiger partial charge on any atom is -0.423 e. The summed E-state index contributed by atoms with van der Waals surface area (Å²) in [6, 6.07) is 9.79. The van der Waals surface area contributed by atoms with Crippen molar-refractivity contribution < 1.29 is 45.4 Å². The summed E-state index contributed by atoms with van der Waals surface area (Å²) in [4.78, 5) is 24.5. The van der Waals surface area contributed by atoms with Gasteiger partial charge in [0.15, 0.2) is 0 Å². The van der Waals surface area contributed by atoms with Crippen molar-refractivity contribution in [2.45, 2.75) is 12.4 Å². The van der Waals surface area contributed by atoms with Gasteiger partial charge in [0.2, 0.25) is 0 Å². The SMILES string of the molecule is Nc1ccc(C(=O)Oc2cccc(OC(=O)c3ccc(N)c(C(F)(F)F)c3)c2)cc1C(F)(F)F. The molecular formula is C22H14F6N2O4. The first kappa shape index (κ1) is 24.4. The largest absolute Gasteiger partial charge is 0.423 e. The zero-order valence-electron chi connectivity index (χ0n) is 16.8. The molecule has 0 aliphatic rings. The third kappa shape index (κ3) is 5.57. The molecule has 178 valence electrons. The predicted molar refractivity (Wildman–Crippen MR) is 108 cm³/mol. The van der Waals surface area contributed by atoms with E-state index < -0.39 is 57.9 Å². The highest BCUT2D eigenvalue weighted by atomic mass is 19.4. The Morgan fingerprint density at radius 2 is 1.00 bits per heavy atom. The van der Waals surface area contributed by atoms with Crippen molar-refractivity contribution in [3.63, 3.8) is 0 Å². The van der Waals surface area contributed by atoms with Crippen LogP contribution in [-0.2, 0) is 12.4 Å². The maximum atomic E-state index is 13.0. The van der Waals surface area contributed by atoms with Gasteiger partial charge in [-0.15, -0.1) is 0 Å². The van der Waals surface area contributed by atoms with Crippen molar-refractivity contribution >= 4 is 23.3 Å². The number of halogens is 6. The molecule has 3 aromatic carbocycles. The third-order valence-corrected chi connectivity index (χ3v) is 4.42. The number of nitrogens with two attached hydrogens (primary N) is 2. The summed E-state index contributed by atoms with van der Waals surface area (Å²) >= 11 is 0. The molecule has 0 aromatic heterocycles. The molecule has 0 bridgehead atoms. The van der Waals surface area contributed by atoms with Crippen LogP contribution in [0.2, 0.25) is 0 Å². The van der Waals surface area contributed by atoms with E-state index in [1.807, 2.05) is 0 Å². The minimum atomic E-state index is -4.79. The second kappa shape index (κ2) is 8.96. The number of benzene rings is 3. The van der Waals surface area contributed by atoms with Crippen LogP contribution in [0, 0.1) is 0 Å². The zero-order valence-corrected chi connectivity index (χ0v) is 16.8. The van der Waals surface area contributed by atoms with Gasteiger partial charge in [0, 0.05) is 17.4 Å². The number of nitrogen functional groups attached to an aromatic ring is 2. The Morgan fingerprint density at radius 1 is 0.618 bits per heavy atom. The fourth-order valence-electron chi connectivity index (χ4n) is 2.79. The maximum Gasteiger partial charge on any atom is 0.418 e. The Hall–Kier alpha value is -4.22. The van der Waals surface area contributed by atoms with Gasteiger partial charge in [-0.2, -0.15) is 26.3 Å².